The van der Waals surface area contributed by atoms with Crippen molar-refractivity contribution in [3.05, 3.63) is 0 Å². The molecule has 0 heterocycles. The minimum atomic E-state index is -1.63. The van der Waals surface area contributed by atoms with Gasteiger partial charge in [-0.05, 0) is 13.8 Å². The highest BCUT2D eigenvalue weighted by Crippen LogP contribution is 1.82. The second kappa shape index (κ2) is 3.30. The van der Waals surface area contributed by atoms with Gasteiger partial charge in [0.25, 0.3) is 0 Å². The van der Waals surface area contributed by atoms with Crippen molar-refractivity contribution < 1.29 is 8.53 Å². The molecule has 0 aliphatic heterocycles. The van der Waals surface area contributed by atoms with Crippen molar-refractivity contribution in [1.29, 1.82) is 0 Å². The predicted octanol–water partition coefficient (Wildman–Crippen LogP) is 0.380. The number of hydrogen-bond donors (Lipinski definition) is 0. The van der Waals surface area contributed by atoms with Gasteiger partial charge < -0.3 is 4.43 Å². The topological polar surface area (TPSA) is 9.23 Å². The molecule has 0 aromatic heterocycles. The predicted molar refractivity (Wildman–Crippen MR) is 25.9 cm³/mol. The standard InChI is InChI=1S/C3H9FOSi/c1-3(2)5-6-4/h3H,6H2,1-2H3. The summed E-state index contributed by atoms with van der Waals surface area (Å²) in [5.41, 5.74) is 0. The van der Waals surface area contributed by atoms with Crippen molar-refractivity contribution in [2.75, 3.05) is 0 Å². The molecule has 0 atom stereocenters. The Balaban J connectivity index is 2.63. The fraction of sp³-hybridized carbons (Fsp3) is 1.00. The van der Waals surface area contributed by atoms with E-state index in [4.69, 9.17) is 0 Å². The fourth-order valence-corrected chi connectivity index (χ4v) is 0.378. The summed E-state index contributed by atoms with van der Waals surface area (Å²) < 4.78 is 15.7. The molecule has 0 aromatic rings. The van der Waals surface area contributed by atoms with Crippen LogP contribution >= 0.6 is 0 Å². The molecule has 0 aliphatic rings. The van der Waals surface area contributed by atoms with Gasteiger partial charge in [0, 0.05) is 6.10 Å². The van der Waals surface area contributed by atoms with Gasteiger partial charge in [-0.15, -0.1) is 0 Å². The summed E-state index contributed by atoms with van der Waals surface area (Å²) in [6.07, 6.45) is 0.0849. The van der Waals surface area contributed by atoms with E-state index in [0.29, 0.717) is 0 Å². The van der Waals surface area contributed by atoms with E-state index in [-0.39, 0.29) is 6.10 Å². The van der Waals surface area contributed by atoms with Crippen LogP contribution in [0.3, 0.4) is 0 Å². The Morgan fingerprint density at radius 1 is 1.67 bits per heavy atom. The molecule has 0 saturated heterocycles. The Bertz CT molecular complexity index is 32.0. The Labute approximate surface area is 39.6 Å². The minimum absolute atomic E-state index is 0.0849. The van der Waals surface area contributed by atoms with Gasteiger partial charge in [0.15, 0.2) is 0 Å². The second-order valence-electron chi connectivity index (χ2n) is 1.32. The van der Waals surface area contributed by atoms with Crippen LogP contribution in [0.15, 0.2) is 0 Å². The Hall–Kier alpha value is 0.107. The van der Waals surface area contributed by atoms with Crippen molar-refractivity contribution in [2.24, 2.45) is 0 Å². The number of halogens is 1. The van der Waals surface area contributed by atoms with E-state index >= 15 is 0 Å². The fourth-order valence-electron chi connectivity index (χ4n) is 0.126. The van der Waals surface area contributed by atoms with Crippen molar-refractivity contribution in [3.63, 3.8) is 0 Å². The molecule has 0 unspecified atom stereocenters. The maximum Gasteiger partial charge on any atom is 0.353 e. The highest BCUT2D eigenvalue weighted by molar-refractivity contribution is 6.16. The maximum absolute atomic E-state index is 11.2. The molecule has 1 nitrogen and oxygen atoms in total. The van der Waals surface area contributed by atoms with Crippen molar-refractivity contribution in [3.8, 4) is 0 Å². The van der Waals surface area contributed by atoms with Gasteiger partial charge in [-0.1, -0.05) is 0 Å². The molecule has 38 valence electrons. The number of rotatable bonds is 2. The van der Waals surface area contributed by atoms with Crippen molar-refractivity contribution in [1.82, 2.24) is 0 Å². The van der Waals surface area contributed by atoms with Gasteiger partial charge in [0.2, 0.25) is 0 Å². The molecule has 0 fully saturated rings. The second-order valence-corrected chi connectivity index (χ2v) is 1.88. The molecule has 0 rings (SSSR count). The van der Waals surface area contributed by atoms with Gasteiger partial charge in [0.1, 0.15) is 0 Å². The van der Waals surface area contributed by atoms with Crippen LogP contribution in [0.2, 0.25) is 0 Å². The highest BCUT2D eigenvalue weighted by Gasteiger charge is 1.87. The van der Waals surface area contributed by atoms with Crippen LogP contribution in [0.25, 0.3) is 0 Å². The lowest BCUT2D eigenvalue weighted by molar-refractivity contribution is 0.237. The Kier molecular flexibility index (Phi) is 3.36. The SMILES string of the molecule is CC(C)O[SiH2]F. The van der Waals surface area contributed by atoms with Gasteiger partial charge in [-0.25, -0.2) is 0 Å². The van der Waals surface area contributed by atoms with Crippen LogP contribution in [0, 0.1) is 0 Å². The monoisotopic (exact) mass is 108 g/mol. The van der Waals surface area contributed by atoms with Gasteiger partial charge >= 0.3 is 10.1 Å². The summed E-state index contributed by atoms with van der Waals surface area (Å²) in [5, 5.41) is 0. The molecule has 0 N–H and O–H groups in total. The van der Waals surface area contributed by atoms with Gasteiger partial charge in [-0.3, -0.25) is 4.11 Å². The molecule has 0 radical (unpaired) electrons. The van der Waals surface area contributed by atoms with Crippen molar-refractivity contribution in [2.45, 2.75) is 20.0 Å². The van der Waals surface area contributed by atoms with E-state index in [9.17, 15) is 4.11 Å². The molecule has 6 heavy (non-hydrogen) atoms. The first-order valence-electron chi connectivity index (χ1n) is 1.95. The minimum Gasteiger partial charge on any atom is -0.393 e. The zero-order chi connectivity index (χ0) is 4.99. The van der Waals surface area contributed by atoms with Crippen LogP contribution in [0.5, 0.6) is 0 Å². The first-order chi connectivity index (χ1) is 2.77. The quantitative estimate of drug-likeness (QED) is 0.367. The normalized spacial score (nSPS) is 12.0. The van der Waals surface area contributed by atoms with Crippen LogP contribution in [-0.4, -0.2) is 16.2 Å². The molecule has 0 aromatic carbocycles. The van der Waals surface area contributed by atoms with Crippen LogP contribution in [-0.2, 0) is 4.43 Å². The van der Waals surface area contributed by atoms with E-state index in [0.717, 1.165) is 0 Å². The van der Waals surface area contributed by atoms with Crippen molar-refractivity contribution >= 4 is 10.1 Å². The average molecular weight is 108 g/mol. The number of hydrogen-bond acceptors (Lipinski definition) is 1. The summed E-state index contributed by atoms with van der Waals surface area (Å²) in [7, 11) is -1.63. The summed E-state index contributed by atoms with van der Waals surface area (Å²) in [6.45, 7) is 3.65. The average Bonchev–Trinajstić information content (AvgIpc) is 1.35. The van der Waals surface area contributed by atoms with Gasteiger partial charge in [-0.2, -0.15) is 0 Å². The first-order valence-corrected chi connectivity index (χ1v) is 3.06. The maximum atomic E-state index is 11.2. The third-order valence-electron chi connectivity index (χ3n) is 0.396. The summed E-state index contributed by atoms with van der Waals surface area (Å²) in [6, 6.07) is 0. The zero-order valence-electron chi connectivity index (χ0n) is 4.07. The third kappa shape index (κ3) is 4.11. The summed E-state index contributed by atoms with van der Waals surface area (Å²) in [5.74, 6) is 0. The summed E-state index contributed by atoms with van der Waals surface area (Å²) >= 11 is 0. The molecule has 0 aliphatic carbocycles. The molecule has 0 spiro atoms. The van der Waals surface area contributed by atoms with Crippen LogP contribution < -0.4 is 0 Å². The Morgan fingerprint density at radius 2 is 2.17 bits per heavy atom. The van der Waals surface area contributed by atoms with E-state index in [2.05, 4.69) is 4.43 Å². The molecule has 0 saturated carbocycles. The lowest BCUT2D eigenvalue weighted by atomic mass is 10.5. The van der Waals surface area contributed by atoms with Gasteiger partial charge in [0.05, 0.1) is 0 Å². The molecule has 0 bridgehead atoms. The molecule has 0 amide bonds. The van der Waals surface area contributed by atoms with E-state index in [1.165, 1.54) is 0 Å². The van der Waals surface area contributed by atoms with E-state index in [1.807, 2.05) is 13.8 Å². The molecule has 3 heteroatoms. The lowest BCUT2D eigenvalue weighted by Crippen LogP contribution is -2.01. The molecular formula is C3H9FOSi. The third-order valence-corrected chi connectivity index (χ3v) is 1.19. The molecular weight excluding hydrogens is 99.1 g/mol. The van der Waals surface area contributed by atoms with Crippen LogP contribution in [0.1, 0.15) is 13.8 Å². The Morgan fingerprint density at radius 3 is 2.17 bits per heavy atom. The van der Waals surface area contributed by atoms with E-state index < -0.39 is 10.1 Å². The van der Waals surface area contributed by atoms with E-state index in [1.54, 1.807) is 0 Å². The largest absolute Gasteiger partial charge is 0.393 e. The zero-order valence-corrected chi connectivity index (χ0v) is 5.48. The lowest BCUT2D eigenvalue weighted by Gasteiger charge is -1.98. The summed E-state index contributed by atoms with van der Waals surface area (Å²) in [4.78, 5) is 0. The smallest absolute Gasteiger partial charge is 0.353 e. The van der Waals surface area contributed by atoms with Crippen LogP contribution in [0.4, 0.5) is 4.11 Å². The first kappa shape index (κ1) is 6.11. The highest BCUT2D eigenvalue weighted by atomic mass is 28.3.